The molecule has 0 bridgehead atoms. The molecule has 1 N–H and O–H groups in total. The third-order valence-electron chi connectivity index (χ3n) is 1.60. The quantitative estimate of drug-likeness (QED) is 0.772. The third-order valence-corrected chi connectivity index (χ3v) is 2.39. The molecule has 1 aliphatic carbocycles. The van der Waals surface area contributed by atoms with E-state index in [2.05, 4.69) is 35.9 Å². The minimum atomic E-state index is 0. The average Bonchev–Trinajstić information content (AvgIpc) is 2.44. The lowest BCUT2D eigenvalue weighted by atomic mass is 10.3. The van der Waals surface area contributed by atoms with E-state index in [-0.39, 0.29) is 24.0 Å². The molecule has 0 unspecified atom stereocenters. The number of likely N-dealkylation sites (N-methyl/N-ethyl adjacent to an activating group) is 1. The molecular weight excluding hydrogens is 305 g/mol. The zero-order valence-electron chi connectivity index (χ0n) is 9.33. The highest BCUT2D eigenvalue weighted by Gasteiger charge is 2.00. The van der Waals surface area contributed by atoms with E-state index < -0.39 is 0 Å². The van der Waals surface area contributed by atoms with Gasteiger partial charge in [-0.05, 0) is 18.8 Å². The topological polar surface area (TPSA) is 12.0 Å². The van der Waals surface area contributed by atoms with Gasteiger partial charge in [0.2, 0.25) is 0 Å². The molecule has 14 heavy (non-hydrogen) atoms. The second-order valence-corrected chi connectivity index (χ2v) is 3.11. The van der Waals surface area contributed by atoms with Crippen molar-refractivity contribution in [1.82, 2.24) is 5.32 Å². The van der Waals surface area contributed by atoms with E-state index >= 15 is 0 Å². The van der Waals surface area contributed by atoms with Crippen molar-refractivity contribution in [1.29, 1.82) is 0 Å². The van der Waals surface area contributed by atoms with E-state index in [0.29, 0.717) is 0 Å². The van der Waals surface area contributed by atoms with Gasteiger partial charge in [-0.3, -0.25) is 0 Å². The van der Waals surface area contributed by atoms with E-state index in [1.54, 1.807) is 11.8 Å². The maximum atomic E-state index is 3.18. The lowest BCUT2D eigenvalue weighted by molar-refractivity contribution is 1.01. The molecule has 82 valence electrons. The molecule has 0 aromatic heterocycles. The molecule has 0 atom stereocenters. The second kappa shape index (κ2) is 11.2. The molecule has 1 aliphatic rings. The van der Waals surface area contributed by atoms with Crippen LogP contribution in [0.4, 0.5) is 0 Å². The maximum absolute atomic E-state index is 3.18. The highest BCUT2D eigenvalue weighted by molar-refractivity contribution is 14.0. The van der Waals surface area contributed by atoms with Crippen LogP contribution < -0.4 is 5.32 Å². The molecule has 0 fully saturated rings. The van der Waals surface area contributed by atoms with Crippen LogP contribution in [0.3, 0.4) is 0 Å². The summed E-state index contributed by atoms with van der Waals surface area (Å²) in [5, 5.41) is 3.18. The number of allylic oxidation sites excluding steroid dienone is 4. The number of nitrogens with one attached hydrogen (secondary N) is 1. The molecule has 1 rings (SSSR count). The molecule has 0 amide bonds. The highest BCUT2D eigenvalue weighted by Crippen LogP contribution is 2.21. The lowest BCUT2D eigenvalue weighted by Crippen LogP contribution is -2.06. The van der Waals surface area contributed by atoms with Crippen molar-refractivity contribution in [3.63, 3.8) is 0 Å². The van der Waals surface area contributed by atoms with Crippen LogP contribution in [0.15, 0.2) is 34.9 Å². The fourth-order valence-electron chi connectivity index (χ4n) is 1.01. The molecule has 0 aromatic rings. The Morgan fingerprint density at radius 1 is 1.36 bits per heavy atom. The Morgan fingerprint density at radius 3 is 2.50 bits per heavy atom. The summed E-state index contributed by atoms with van der Waals surface area (Å²) >= 11 is 1.77. The van der Waals surface area contributed by atoms with Gasteiger partial charge in [0.15, 0.2) is 0 Å². The minimum Gasteiger partial charge on any atom is -0.387 e. The Bertz CT molecular complexity index is 219. The van der Waals surface area contributed by atoms with Crippen molar-refractivity contribution < 1.29 is 0 Å². The van der Waals surface area contributed by atoms with Crippen LogP contribution in [0.25, 0.3) is 0 Å². The van der Waals surface area contributed by atoms with Crippen molar-refractivity contribution in [2.24, 2.45) is 0 Å². The van der Waals surface area contributed by atoms with E-state index in [4.69, 9.17) is 0 Å². The summed E-state index contributed by atoms with van der Waals surface area (Å²) in [6, 6.07) is 0. The predicted molar refractivity (Wildman–Crippen MR) is 79.3 cm³/mol. The van der Waals surface area contributed by atoms with Crippen molar-refractivity contribution in [2.75, 3.05) is 13.3 Å². The van der Waals surface area contributed by atoms with E-state index in [1.165, 1.54) is 10.6 Å². The lowest BCUT2D eigenvalue weighted by Gasteiger charge is -2.06. The summed E-state index contributed by atoms with van der Waals surface area (Å²) in [6.45, 7) is 4.00. The van der Waals surface area contributed by atoms with Gasteiger partial charge < -0.3 is 5.32 Å². The first-order chi connectivity index (χ1) is 6.38. The zero-order valence-corrected chi connectivity index (χ0v) is 12.5. The molecule has 3 heteroatoms. The molecule has 0 saturated carbocycles. The van der Waals surface area contributed by atoms with Crippen LogP contribution in [0.2, 0.25) is 0 Å². The van der Waals surface area contributed by atoms with Crippen LogP contribution in [-0.4, -0.2) is 13.3 Å². The molecule has 0 spiro atoms. The first kappa shape index (κ1) is 16.5. The van der Waals surface area contributed by atoms with Gasteiger partial charge in [0.1, 0.15) is 0 Å². The van der Waals surface area contributed by atoms with Crippen LogP contribution in [0.5, 0.6) is 0 Å². The minimum absolute atomic E-state index is 0. The third kappa shape index (κ3) is 5.75. The van der Waals surface area contributed by atoms with Crippen molar-refractivity contribution in [3.8, 4) is 0 Å². The Balaban J connectivity index is 0. The van der Waals surface area contributed by atoms with Gasteiger partial charge in [-0.25, -0.2) is 0 Å². The van der Waals surface area contributed by atoms with Gasteiger partial charge in [0.25, 0.3) is 0 Å². The Labute approximate surface area is 109 Å². The van der Waals surface area contributed by atoms with Crippen molar-refractivity contribution >= 4 is 35.7 Å². The summed E-state index contributed by atoms with van der Waals surface area (Å²) in [5.74, 6) is 0. The standard InChI is InChI=1S/C9H13NS.C2H6.HI/c1-10-8-6-4-3-5-7-9(8)11-2;1-2;/h3,5-7,10H,4H2,1-2H3;1-2H3;1H. The van der Waals surface area contributed by atoms with Gasteiger partial charge in [0.05, 0.1) is 0 Å². The van der Waals surface area contributed by atoms with Crippen LogP contribution >= 0.6 is 35.7 Å². The molecule has 1 nitrogen and oxygen atoms in total. The molecule has 0 saturated heterocycles. The molecule has 0 heterocycles. The number of thioether (sulfide) groups is 1. The first-order valence-corrected chi connectivity index (χ1v) is 5.90. The number of rotatable bonds is 2. The Kier molecular flexibility index (Phi) is 13.2. The van der Waals surface area contributed by atoms with E-state index in [0.717, 1.165) is 6.42 Å². The summed E-state index contributed by atoms with van der Waals surface area (Å²) in [4.78, 5) is 1.31. The van der Waals surface area contributed by atoms with Crippen molar-refractivity contribution in [3.05, 3.63) is 34.9 Å². The second-order valence-electron chi connectivity index (χ2n) is 2.27. The number of hydrogen-bond donors (Lipinski definition) is 1. The smallest absolute Gasteiger partial charge is 0.0438 e. The van der Waals surface area contributed by atoms with Gasteiger partial charge in [-0.1, -0.05) is 32.1 Å². The Morgan fingerprint density at radius 2 is 2.00 bits per heavy atom. The van der Waals surface area contributed by atoms with E-state index in [9.17, 15) is 0 Å². The normalized spacial score (nSPS) is 13.7. The SMILES string of the molecule is CC.CNC1=CCC=CC=C1SC.I. The molecule has 0 aliphatic heterocycles. The summed E-state index contributed by atoms with van der Waals surface area (Å²) < 4.78 is 0. The molecule has 0 radical (unpaired) electrons. The maximum Gasteiger partial charge on any atom is 0.0438 e. The van der Waals surface area contributed by atoms with Crippen LogP contribution in [0, 0.1) is 0 Å². The fraction of sp³-hybridized carbons (Fsp3) is 0.455. The van der Waals surface area contributed by atoms with Gasteiger partial charge >= 0.3 is 0 Å². The fourth-order valence-corrected chi connectivity index (χ4v) is 1.63. The van der Waals surface area contributed by atoms with E-state index in [1.807, 2.05) is 20.9 Å². The number of hydrogen-bond acceptors (Lipinski definition) is 2. The average molecular weight is 325 g/mol. The largest absolute Gasteiger partial charge is 0.387 e. The zero-order chi connectivity index (χ0) is 10.1. The number of halogens is 1. The monoisotopic (exact) mass is 325 g/mol. The van der Waals surface area contributed by atoms with Gasteiger partial charge in [0, 0.05) is 17.6 Å². The molecular formula is C11H20INS. The van der Waals surface area contributed by atoms with Crippen molar-refractivity contribution in [2.45, 2.75) is 20.3 Å². The summed E-state index contributed by atoms with van der Waals surface area (Å²) in [6.07, 6.45) is 11.7. The molecule has 0 aromatic carbocycles. The Hall–Kier alpha value is 0.1000. The first-order valence-electron chi connectivity index (χ1n) is 4.67. The van der Waals surface area contributed by atoms with Gasteiger partial charge in [-0.2, -0.15) is 0 Å². The van der Waals surface area contributed by atoms with Crippen LogP contribution in [-0.2, 0) is 0 Å². The van der Waals surface area contributed by atoms with Gasteiger partial charge in [-0.15, -0.1) is 35.7 Å². The predicted octanol–water partition coefficient (Wildman–Crippen LogP) is 3.94. The summed E-state index contributed by atoms with van der Waals surface area (Å²) in [7, 11) is 1.96. The van der Waals surface area contributed by atoms with Crippen LogP contribution in [0.1, 0.15) is 20.3 Å². The highest BCUT2D eigenvalue weighted by atomic mass is 127. The summed E-state index contributed by atoms with van der Waals surface area (Å²) in [5.41, 5.74) is 1.24.